The van der Waals surface area contributed by atoms with Crippen molar-refractivity contribution in [1.82, 2.24) is 4.90 Å². The molecular formula is C18H21NO3S. The highest BCUT2D eigenvalue weighted by atomic mass is 32.1. The standard InChI is InChI=1S/C18H21NO3S/c20-17(19-10-4-6-13(11-19)18(21)22)9-3-5-14-12-23-16-8-2-1-7-15(14)16/h1-2,7-8,12-13H,3-6,9-11H2,(H,21,22)/t13-/m0/s1. The number of hydrogen-bond donors (Lipinski definition) is 1. The van der Waals surface area contributed by atoms with Gasteiger partial charge in [-0.1, -0.05) is 18.2 Å². The average Bonchev–Trinajstić information content (AvgIpc) is 2.98. The predicted molar refractivity (Wildman–Crippen MR) is 91.7 cm³/mol. The van der Waals surface area contributed by atoms with Crippen molar-refractivity contribution in [2.75, 3.05) is 13.1 Å². The maximum atomic E-state index is 12.3. The molecule has 2 heterocycles. The molecule has 1 aliphatic heterocycles. The highest BCUT2D eigenvalue weighted by molar-refractivity contribution is 7.17. The molecule has 23 heavy (non-hydrogen) atoms. The number of carboxylic acids is 1. The number of rotatable bonds is 5. The molecule has 0 aliphatic carbocycles. The number of aryl methyl sites for hydroxylation is 1. The Labute approximate surface area is 139 Å². The first-order valence-corrected chi connectivity index (χ1v) is 8.99. The predicted octanol–water partition coefficient (Wildman–Crippen LogP) is 3.55. The van der Waals surface area contributed by atoms with E-state index in [2.05, 4.69) is 17.5 Å². The van der Waals surface area contributed by atoms with Gasteiger partial charge < -0.3 is 10.0 Å². The molecule has 1 saturated heterocycles. The Morgan fingerprint density at radius 2 is 2.13 bits per heavy atom. The Morgan fingerprint density at radius 1 is 1.30 bits per heavy atom. The lowest BCUT2D eigenvalue weighted by atomic mass is 9.97. The molecule has 1 fully saturated rings. The maximum Gasteiger partial charge on any atom is 0.308 e. The summed E-state index contributed by atoms with van der Waals surface area (Å²) in [5, 5.41) is 12.6. The lowest BCUT2D eigenvalue weighted by Gasteiger charge is -2.30. The van der Waals surface area contributed by atoms with Crippen LogP contribution in [0.1, 0.15) is 31.2 Å². The zero-order valence-electron chi connectivity index (χ0n) is 13.0. The van der Waals surface area contributed by atoms with Crippen LogP contribution >= 0.6 is 11.3 Å². The van der Waals surface area contributed by atoms with E-state index in [1.54, 1.807) is 16.2 Å². The molecule has 1 aromatic heterocycles. The molecule has 5 heteroatoms. The SMILES string of the molecule is O=C(O)[C@H]1CCCN(C(=O)CCCc2csc3ccccc23)C1. The number of carbonyl (C=O) groups is 2. The number of carboxylic acid groups (broad SMARTS) is 1. The number of nitrogens with zero attached hydrogens (tertiary/aromatic N) is 1. The third-order valence-electron chi connectivity index (χ3n) is 4.52. The van der Waals surface area contributed by atoms with E-state index in [9.17, 15) is 9.59 Å². The van der Waals surface area contributed by atoms with E-state index >= 15 is 0 Å². The molecule has 1 amide bonds. The first-order chi connectivity index (χ1) is 11.1. The Kier molecular flexibility index (Phi) is 4.96. The number of hydrogen-bond acceptors (Lipinski definition) is 3. The average molecular weight is 331 g/mol. The summed E-state index contributed by atoms with van der Waals surface area (Å²) in [6.45, 7) is 1.07. The van der Waals surface area contributed by atoms with Crippen molar-refractivity contribution in [3.8, 4) is 0 Å². The number of carbonyl (C=O) groups excluding carboxylic acids is 1. The fourth-order valence-electron chi connectivity index (χ4n) is 3.22. The first-order valence-electron chi connectivity index (χ1n) is 8.11. The van der Waals surface area contributed by atoms with E-state index in [1.807, 2.05) is 12.1 Å². The van der Waals surface area contributed by atoms with Crippen LogP contribution in [0.15, 0.2) is 29.6 Å². The van der Waals surface area contributed by atoms with Crippen molar-refractivity contribution in [2.24, 2.45) is 5.92 Å². The number of benzene rings is 1. The Bertz CT molecular complexity index is 709. The van der Waals surface area contributed by atoms with Crippen molar-refractivity contribution >= 4 is 33.3 Å². The van der Waals surface area contributed by atoms with E-state index in [4.69, 9.17) is 5.11 Å². The minimum atomic E-state index is -0.785. The molecule has 1 aliphatic rings. The number of thiophene rings is 1. The molecule has 1 atom stereocenters. The van der Waals surface area contributed by atoms with Crippen molar-refractivity contribution in [2.45, 2.75) is 32.1 Å². The van der Waals surface area contributed by atoms with Crippen molar-refractivity contribution in [3.63, 3.8) is 0 Å². The minimum absolute atomic E-state index is 0.0930. The van der Waals surface area contributed by atoms with Crippen LogP contribution in [-0.4, -0.2) is 35.0 Å². The van der Waals surface area contributed by atoms with Gasteiger partial charge in [-0.3, -0.25) is 9.59 Å². The second-order valence-electron chi connectivity index (χ2n) is 6.13. The van der Waals surface area contributed by atoms with E-state index in [-0.39, 0.29) is 5.91 Å². The summed E-state index contributed by atoms with van der Waals surface area (Å²) >= 11 is 1.74. The molecule has 1 N–H and O–H groups in total. The molecule has 4 nitrogen and oxygen atoms in total. The number of piperidine rings is 1. The zero-order valence-corrected chi connectivity index (χ0v) is 13.8. The first kappa shape index (κ1) is 16.0. The van der Waals surface area contributed by atoms with Gasteiger partial charge in [0, 0.05) is 24.2 Å². The molecule has 0 unspecified atom stereocenters. The largest absolute Gasteiger partial charge is 0.481 e. The second-order valence-corrected chi connectivity index (χ2v) is 7.04. The van der Waals surface area contributed by atoms with Gasteiger partial charge in [-0.25, -0.2) is 0 Å². The van der Waals surface area contributed by atoms with Crippen LogP contribution in [0.25, 0.3) is 10.1 Å². The zero-order chi connectivity index (χ0) is 16.2. The molecule has 0 saturated carbocycles. The number of fused-ring (bicyclic) bond motifs is 1. The van der Waals surface area contributed by atoms with Gasteiger partial charge in [-0.15, -0.1) is 11.3 Å². The van der Waals surface area contributed by atoms with Crippen molar-refractivity contribution in [3.05, 3.63) is 35.2 Å². The van der Waals surface area contributed by atoms with E-state index in [0.717, 1.165) is 19.3 Å². The van der Waals surface area contributed by atoms with Crippen LogP contribution in [0.4, 0.5) is 0 Å². The van der Waals surface area contributed by atoms with E-state index < -0.39 is 11.9 Å². The topological polar surface area (TPSA) is 57.6 Å². The summed E-state index contributed by atoms with van der Waals surface area (Å²) in [7, 11) is 0. The monoisotopic (exact) mass is 331 g/mol. The van der Waals surface area contributed by atoms with Gasteiger partial charge in [0.15, 0.2) is 0 Å². The quantitative estimate of drug-likeness (QED) is 0.911. The maximum absolute atomic E-state index is 12.3. The van der Waals surface area contributed by atoms with Gasteiger partial charge in [0.05, 0.1) is 5.92 Å². The lowest BCUT2D eigenvalue weighted by molar-refractivity contribution is -0.145. The highest BCUT2D eigenvalue weighted by Gasteiger charge is 2.27. The van der Waals surface area contributed by atoms with Gasteiger partial charge in [0.25, 0.3) is 0 Å². The van der Waals surface area contributed by atoms with Gasteiger partial charge in [0.2, 0.25) is 5.91 Å². The summed E-state index contributed by atoms with van der Waals surface area (Å²) in [6.07, 6.45) is 3.67. The number of amides is 1. The normalized spacial score (nSPS) is 18.3. The van der Waals surface area contributed by atoms with Crippen LogP contribution < -0.4 is 0 Å². The van der Waals surface area contributed by atoms with Gasteiger partial charge >= 0.3 is 5.97 Å². The van der Waals surface area contributed by atoms with Crippen LogP contribution in [0.2, 0.25) is 0 Å². The van der Waals surface area contributed by atoms with Crippen LogP contribution in [0.3, 0.4) is 0 Å². The molecule has 1 aromatic carbocycles. The molecule has 122 valence electrons. The van der Waals surface area contributed by atoms with E-state index in [0.29, 0.717) is 25.9 Å². The minimum Gasteiger partial charge on any atom is -0.481 e. The van der Waals surface area contributed by atoms with Crippen LogP contribution in [0.5, 0.6) is 0 Å². The lowest BCUT2D eigenvalue weighted by Crippen LogP contribution is -2.42. The molecule has 0 bridgehead atoms. The van der Waals surface area contributed by atoms with Crippen molar-refractivity contribution in [1.29, 1.82) is 0 Å². The summed E-state index contributed by atoms with van der Waals surface area (Å²) in [6, 6.07) is 8.34. The Morgan fingerprint density at radius 3 is 2.96 bits per heavy atom. The molecular weight excluding hydrogens is 310 g/mol. The third kappa shape index (κ3) is 3.72. The molecule has 0 radical (unpaired) electrons. The number of aliphatic carboxylic acids is 1. The van der Waals surface area contributed by atoms with E-state index in [1.165, 1.54) is 15.6 Å². The second kappa shape index (κ2) is 7.13. The summed E-state index contributed by atoms with van der Waals surface area (Å²) in [5.41, 5.74) is 1.31. The number of likely N-dealkylation sites (tertiary alicyclic amines) is 1. The molecule has 3 rings (SSSR count). The van der Waals surface area contributed by atoms with Gasteiger partial charge in [0.1, 0.15) is 0 Å². The highest BCUT2D eigenvalue weighted by Crippen LogP contribution is 2.27. The Balaban J connectivity index is 1.52. The molecule has 2 aromatic rings. The fraction of sp³-hybridized carbons (Fsp3) is 0.444. The van der Waals surface area contributed by atoms with Gasteiger partial charge in [-0.05, 0) is 48.1 Å². The fourth-order valence-corrected chi connectivity index (χ4v) is 4.22. The summed E-state index contributed by atoms with van der Waals surface area (Å²) in [4.78, 5) is 25.1. The van der Waals surface area contributed by atoms with Gasteiger partial charge in [-0.2, -0.15) is 0 Å². The molecule has 0 spiro atoms. The van der Waals surface area contributed by atoms with Crippen molar-refractivity contribution < 1.29 is 14.7 Å². The smallest absolute Gasteiger partial charge is 0.308 e. The summed E-state index contributed by atoms with van der Waals surface area (Å²) < 4.78 is 1.29. The van der Waals surface area contributed by atoms with Crippen LogP contribution in [-0.2, 0) is 16.0 Å². The van der Waals surface area contributed by atoms with Crippen LogP contribution in [0, 0.1) is 5.92 Å². The summed E-state index contributed by atoms with van der Waals surface area (Å²) in [5.74, 6) is -1.09. The third-order valence-corrected chi connectivity index (χ3v) is 5.53. The Hall–Kier alpha value is -1.88.